The number of rotatable bonds is 4. The van der Waals surface area contributed by atoms with Crippen molar-refractivity contribution in [1.82, 2.24) is 9.88 Å². The number of carbonyl (C=O) groups excluding carboxylic acids is 2. The van der Waals surface area contributed by atoms with Gasteiger partial charge < -0.3 is 14.7 Å². The molecule has 1 rings (SSSR count). The van der Waals surface area contributed by atoms with Gasteiger partial charge in [0.1, 0.15) is 5.75 Å². The fourth-order valence-corrected chi connectivity index (χ4v) is 1.51. The van der Waals surface area contributed by atoms with Crippen molar-refractivity contribution in [2.24, 2.45) is 5.92 Å². The molecule has 0 bridgehead atoms. The van der Waals surface area contributed by atoms with Gasteiger partial charge in [-0.3, -0.25) is 9.59 Å². The van der Waals surface area contributed by atoms with Gasteiger partial charge in [0.25, 0.3) is 5.91 Å². The maximum Gasteiger partial charge on any atom is 0.310 e. The maximum atomic E-state index is 12.0. The number of nitrogens with zero attached hydrogens (tertiary/aromatic N) is 2. The Balaban J connectivity index is 2.74. The minimum atomic E-state index is -0.441. The molecule has 0 aromatic carbocycles. The zero-order valence-electron chi connectivity index (χ0n) is 10.6. The smallest absolute Gasteiger partial charge is 0.310 e. The van der Waals surface area contributed by atoms with Crippen molar-refractivity contribution in [3.63, 3.8) is 0 Å². The van der Waals surface area contributed by atoms with Crippen LogP contribution in [0.5, 0.6) is 5.75 Å². The Morgan fingerprint density at radius 1 is 1.56 bits per heavy atom. The van der Waals surface area contributed by atoms with E-state index in [1.165, 1.54) is 37.4 Å². The number of carbonyl (C=O) groups is 2. The molecule has 1 amide bonds. The van der Waals surface area contributed by atoms with Crippen LogP contribution >= 0.6 is 0 Å². The standard InChI is InChI=1S/C12H16N2O4/c1-8(12(17)18-3)7-14(2)11(16)10-9(15)5-4-6-13-10/h4-6,8,15H,7H2,1-3H3. The van der Waals surface area contributed by atoms with Crippen LogP contribution in [0.3, 0.4) is 0 Å². The molecule has 0 spiro atoms. The Kier molecular flexibility index (Phi) is 4.65. The van der Waals surface area contributed by atoms with E-state index < -0.39 is 11.8 Å². The number of esters is 1. The number of aromatic hydroxyl groups is 1. The lowest BCUT2D eigenvalue weighted by molar-refractivity contribution is -0.145. The first-order valence-corrected chi connectivity index (χ1v) is 5.44. The summed E-state index contributed by atoms with van der Waals surface area (Å²) in [6.45, 7) is 1.86. The summed E-state index contributed by atoms with van der Waals surface area (Å²) in [5, 5.41) is 9.52. The summed E-state index contributed by atoms with van der Waals surface area (Å²) >= 11 is 0. The van der Waals surface area contributed by atoms with Gasteiger partial charge in [-0.2, -0.15) is 0 Å². The molecule has 6 heteroatoms. The van der Waals surface area contributed by atoms with E-state index in [0.717, 1.165) is 0 Å². The second-order valence-electron chi connectivity index (χ2n) is 3.98. The molecule has 0 saturated carbocycles. The van der Waals surface area contributed by atoms with Crippen molar-refractivity contribution < 1.29 is 19.4 Å². The highest BCUT2D eigenvalue weighted by Gasteiger charge is 2.22. The van der Waals surface area contributed by atoms with E-state index in [2.05, 4.69) is 9.72 Å². The van der Waals surface area contributed by atoms with Crippen LogP contribution in [0, 0.1) is 5.92 Å². The van der Waals surface area contributed by atoms with Crippen LogP contribution in [-0.4, -0.2) is 47.6 Å². The lowest BCUT2D eigenvalue weighted by atomic mass is 10.1. The summed E-state index contributed by atoms with van der Waals surface area (Å²) in [5.41, 5.74) is -0.0305. The number of aromatic nitrogens is 1. The van der Waals surface area contributed by atoms with Crippen molar-refractivity contribution in [2.75, 3.05) is 20.7 Å². The molecule has 1 unspecified atom stereocenters. The van der Waals surface area contributed by atoms with Crippen molar-refractivity contribution in [1.29, 1.82) is 0 Å². The molecule has 1 heterocycles. The van der Waals surface area contributed by atoms with Gasteiger partial charge in [-0.15, -0.1) is 0 Å². The molecule has 1 atom stereocenters. The number of pyridine rings is 1. The highest BCUT2D eigenvalue weighted by molar-refractivity contribution is 5.94. The van der Waals surface area contributed by atoms with E-state index in [1.807, 2.05) is 0 Å². The normalized spacial score (nSPS) is 11.7. The quantitative estimate of drug-likeness (QED) is 0.797. The Morgan fingerprint density at radius 3 is 2.78 bits per heavy atom. The second-order valence-corrected chi connectivity index (χ2v) is 3.98. The van der Waals surface area contributed by atoms with Gasteiger partial charge in [-0.1, -0.05) is 6.92 Å². The van der Waals surface area contributed by atoms with Crippen molar-refractivity contribution in [3.8, 4) is 5.75 Å². The Bertz CT molecular complexity index is 447. The Morgan fingerprint density at radius 2 is 2.22 bits per heavy atom. The average Bonchev–Trinajstić information content (AvgIpc) is 2.37. The Labute approximate surface area is 105 Å². The lowest BCUT2D eigenvalue weighted by Gasteiger charge is -2.20. The highest BCUT2D eigenvalue weighted by atomic mass is 16.5. The summed E-state index contributed by atoms with van der Waals surface area (Å²) < 4.78 is 4.58. The van der Waals surface area contributed by atoms with Crippen molar-refractivity contribution >= 4 is 11.9 Å². The van der Waals surface area contributed by atoms with Gasteiger partial charge in [-0.05, 0) is 12.1 Å². The molecule has 6 nitrogen and oxygen atoms in total. The summed E-state index contributed by atoms with van der Waals surface area (Å²) in [4.78, 5) is 28.3. The molecule has 0 aliphatic carbocycles. The number of amides is 1. The molecule has 1 aromatic rings. The summed E-state index contributed by atoms with van der Waals surface area (Å²) in [7, 11) is 2.83. The summed E-state index contributed by atoms with van der Waals surface area (Å²) in [5.74, 6) is -1.45. The van der Waals surface area contributed by atoms with E-state index in [-0.39, 0.29) is 24.0 Å². The maximum absolute atomic E-state index is 12.0. The first-order chi connectivity index (χ1) is 8.47. The SMILES string of the molecule is COC(=O)C(C)CN(C)C(=O)c1ncccc1O. The number of hydrogen-bond donors (Lipinski definition) is 1. The molecule has 1 aromatic heterocycles. The van der Waals surface area contributed by atoms with Crippen LogP contribution in [0.1, 0.15) is 17.4 Å². The number of ether oxygens (including phenoxy) is 1. The number of hydrogen-bond acceptors (Lipinski definition) is 5. The van der Waals surface area contributed by atoms with Gasteiger partial charge in [-0.25, -0.2) is 4.98 Å². The van der Waals surface area contributed by atoms with Crippen LogP contribution < -0.4 is 0 Å². The van der Waals surface area contributed by atoms with E-state index >= 15 is 0 Å². The third-order valence-corrected chi connectivity index (χ3v) is 2.49. The van der Waals surface area contributed by atoms with Crippen LogP contribution in [0.25, 0.3) is 0 Å². The molecule has 18 heavy (non-hydrogen) atoms. The van der Waals surface area contributed by atoms with Gasteiger partial charge >= 0.3 is 5.97 Å². The van der Waals surface area contributed by atoms with Gasteiger partial charge in [0.05, 0.1) is 13.0 Å². The minimum Gasteiger partial charge on any atom is -0.505 e. The lowest BCUT2D eigenvalue weighted by Crippen LogP contribution is -2.34. The van der Waals surface area contributed by atoms with Crippen molar-refractivity contribution in [3.05, 3.63) is 24.0 Å². The summed E-state index contributed by atoms with van der Waals surface area (Å²) in [6, 6.07) is 2.92. The largest absolute Gasteiger partial charge is 0.505 e. The van der Waals surface area contributed by atoms with Gasteiger partial charge in [0, 0.05) is 19.8 Å². The molecule has 0 radical (unpaired) electrons. The molecule has 0 aliphatic rings. The third kappa shape index (κ3) is 3.19. The summed E-state index contributed by atoms with van der Waals surface area (Å²) in [6.07, 6.45) is 1.42. The molecular formula is C12H16N2O4. The van der Waals surface area contributed by atoms with Crippen LogP contribution in [0.4, 0.5) is 0 Å². The predicted molar refractivity (Wildman–Crippen MR) is 64.0 cm³/mol. The van der Waals surface area contributed by atoms with Crippen LogP contribution in [0.15, 0.2) is 18.3 Å². The third-order valence-electron chi connectivity index (χ3n) is 2.49. The fraction of sp³-hybridized carbons (Fsp3) is 0.417. The van der Waals surface area contributed by atoms with E-state index in [9.17, 15) is 14.7 Å². The van der Waals surface area contributed by atoms with Gasteiger partial charge in [0.15, 0.2) is 5.69 Å². The predicted octanol–water partition coefficient (Wildman–Crippen LogP) is 0.668. The fourth-order valence-electron chi connectivity index (χ4n) is 1.51. The molecular weight excluding hydrogens is 236 g/mol. The Hall–Kier alpha value is -2.11. The average molecular weight is 252 g/mol. The molecule has 1 N–H and O–H groups in total. The van der Waals surface area contributed by atoms with Crippen molar-refractivity contribution in [2.45, 2.75) is 6.92 Å². The highest BCUT2D eigenvalue weighted by Crippen LogP contribution is 2.15. The monoisotopic (exact) mass is 252 g/mol. The zero-order valence-corrected chi connectivity index (χ0v) is 10.6. The molecule has 0 aliphatic heterocycles. The number of methoxy groups -OCH3 is 1. The molecule has 0 fully saturated rings. The first-order valence-electron chi connectivity index (χ1n) is 5.44. The molecule has 98 valence electrons. The molecule has 0 saturated heterocycles. The van der Waals surface area contributed by atoms with E-state index in [0.29, 0.717) is 0 Å². The van der Waals surface area contributed by atoms with Crippen LogP contribution in [0.2, 0.25) is 0 Å². The zero-order chi connectivity index (χ0) is 13.7. The first kappa shape index (κ1) is 14.0. The van der Waals surface area contributed by atoms with Crippen LogP contribution in [-0.2, 0) is 9.53 Å². The topological polar surface area (TPSA) is 79.7 Å². The van der Waals surface area contributed by atoms with E-state index in [4.69, 9.17) is 0 Å². The van der Waals surface area contributed by atoms with E-state index in [1.54, 1.807) is 6.92 Å². The van der Waals surface area contributed by atoms with Gasteiger partial charge in [0.2, 0.25) is 0 Å². The minimum absolute atomic E-state index is 0.0305. The second kappa shape index (κ2) is 6.00.